The summed E-state index contributed by atoms with van der Waals surface area (Å²) in [6.07, 6.45) is 25.2. The summed E-state index contributed by atoms with van der Waals surface area (Å²) in [7, 11) is 0. The molecule has 0 amide bonds. The summed E-state index contributed by atoms with van der Waals surface area (Å²) < 4.78 is 10.1. The minimum atomic E-state index is -0.477. The van der Waals surface area contributed by atoms with Gasteiger partial charge in [-0.3, -0.25) is 9.59 Å². The molecule has 0 saturated heterocycles. The number of carbonyl (C=O) groups excluding carboxylic acids is 3. The van der Waals surface area contributed by atoms with Crippen molar-refractivity contribution >= 4 is 17.7 Å². The third-order valence-corrected chi connectivity index (χ3v) is 8.53. The van der Waals surface area contributed by atoms with E-state index < -0.39 is 5.92 Å². The number of rotatable bonds is 14. The monoisotopic (exact) mass is 685 g/mol. The van der Waals surface area contributed by atoms with Gasteiger partial charge in [-0.1, -0.05) is 78.7 Å². The Morgan fingerprint density at radius 2 is 1.24 bits per heavy atom. The molecule has 2 rings (SSSR count). The van der Waals surface area contributed by atoms with Crippen LogP contribution in [-0.4, -0.2) is 44.0 Å². The molecule has 1 fully saturated rings. The molecule has 0 radical (unpaired) electrons. The largest absolute Gasteiger partial charge is 0.465 e. The molecule has 1 saturated carbocycles. The van der Waals surface area contributed by atoms with Crippen molar-refractivity contribution in [1.29, 1.82) is 0 Å². The molecule has 2 aliphatic rings. The molecule has 1 atom stereocenters. The van der Waals surface area contributed by atoms with Gasteiger partial charge in [0, 0.05) is 25.2 Å². The van der Waals surface area contributed by atoms with Crippen LogP contribution in [0.3, 0.4) is 0 Å². The summed E-state index contributed by atoms with van der Waals surface area (Å²) >= 11 is 0. The molecule has 3 N–H and O–H groups in total. The van der Waals surface area contributed by atoms with E-state index in [1.165, 1.54) is 35.1 Å². The Morgan fingerprint density at radius 1 is 0.714 bits per heavy atom. The molecule has 0 aromatic carbocycles. The van der Waals surface area contributed by atoms with Gasteiger partial charge >= 0.3 is 11.9 Å². The number of esters is 2. The van der Waals surface area contributed by atoms with Crippen LogP contribution in [0, 0.1) is 5.92 Å². The van der Waals surface area contributed by atoms with Crippen molar-refractivity contribution in [3.63, 3.8) is 0 Å². The van der Waals surface area contributed by atoms with E-state index in [9.17, 15) is 14.4 Å². The lowest BCUT2D eigenvalue weighted by molar-refractivity contribution is -0.152. The Bertz CT molecular complexity index is 1100. The average Bonchev–Trinajstić information content (AvgIpc) is 3.01. The molecule has 1 unspecified atom stereocenters. The Morgan fingerprint density at radius 3 is 1.80 bits per heavy atom. The third kappa shape index (κ3) is 24.8. The lowest BCUT2D eigenvalue weighted by Gasteiger charge is -2.18. The van der Waals surface area contributed by atoms with Crippen LogP contribution in [-0.2, 0) is 23.9 Å². The number of nitrogens with one attached hydrogen (secondary N) is 1. The van der Waals surface area contributed by atoms with Crippen LogP contribution in [0.4, 0.5) is 0 Å². The van der Waals surface area contributed by atoms with E-state index in [1.807, 2.05) is 6.92 Å². The van der Waals surface area contributed by atoms with Crippen LogP contribution >= 0.6 is 0 Å². The molecule has 2 aliphatic carbocycles. The second-order valence-corrected chi connectivity index (χ2v) is 13.7. The van der Waals surface area contributed by atoms with E-state index in [4.69, 9.17) is 15.2 Å². The number of ether oxygens (including phenoxy) is 2. The Hall–Kier alpha value is -2.93. The zero-order valence-electron chi connectivity index (χ0n) is 32.6. The fraction of sp³-hybridized carbons (Fsp3) is 0.690. The number of allylic oxidation sites excluding steroid dienone is 7. The highest BCUT2D eigenvalue weighted by atomic mass is 16.5. The van der Waals surface area contributed by atoms with Gasteiger partial charge < -0.3 is 20.5 Å². The molecule has 49 heavy (non-hydrogen) atoms. The minimum Gasteiger partial charge on any atom is -0.465 e. The first-order valence-electron chi connectivity index (χ1n) is 19.1. The number of hydrogen-bond acceptors (Lipinski definition) is 7. The van der Waals surface area contributed by atoms with Crippen molar-refractivity contribution in [2.45, 2.75) is 158 Å². The van der Waals surface area contributed by atoms with Gasteiger partial charge in [-0.2, -0.15) is 0 Å². The number of hydrogen-bond donors (Lipinski definition) is 2. The lowest BCUT2D eigenvalue weighted by atomic mass is 9.90. The summed E-state index contributed by atoms with van der Waals surface area (Å²) in [4.78, 5) is 35.2. The molecule has 0 aliphatic heterocycles. The molecule has 0 spiro atoms. The van der Waals surface area contributed by atoms with Gasteiger partial charge in [0.1, 0.15) is 11.7 Å². The SMILES string of the molecule is CC(C)=CCC/C(C)=C/CN.CCOC(=O)/C1=C(\NC/C=C(\C)CCC=C(C)C)CCCCCC1.CCOC(=O)C1CCCCCCC1=O. The molecular weight excluding hydrogens is 612 g/mol. The molecule has 0 aromatic rings. The summed E-state index contributed by atoms with van der Waals surface area (Å²) in [5, 5.41) is 3.50. The van der Waals surface area contributed by atoms with Gasteiger partial charge in [-0.15, -0.1) is 0 Å². The topological polar surface area (TPSA) is 108 Å². The predicted octanol–water partition coefficient (Wildman–Crippen LogP) is 10.2. The lowest BCUT2D eigenvalue weighted by Crippen LogP contribution is -2.27. The zero-order chi connectivity index (χ0) is 36.9. The molecular formula is C42H72N2O5. The van der Waals surface area contributed by atoms with Gasteiger partial charge in [0.05, 0.1) is 18.8 Å². The van der Waals surface area contributed by atoms with E-state index in [2.05, 4.69) is 71.2 Å². The van der Waals surface area contributed by atoms with E-state index >= 15 is 0 Å². The van der Waals surface area contributed by atoms with Crippen molar-refractivity contribution < 1.29 is 23.9 Å². The van der Waals surface area contributed by atoms with Crippen LogP contribution in [0.5, 0.6) is 0 Å². The Balaban J connectivity index is 0.000000779. The Kier molecular flexibility index (Phi) is 28.2. The van der Waals surface area contributed by atoms with E-state index in [1.54, 1.807) is 6.92 Å². The number of Topliss-reactive ketones (excluding diaryl/α,β-unsaturated/α-hetero) is 1. The fourth-order valence-corrected chi connectivity index (χ4v) is 5.66. The minimum absolute atomic E-state index is 0.0724. The highest BCUT2D eigenvalue weighted by Gasteiger charge is 2.27. The normalized spacial score (nSPS) is 18.8. The first-order chi connectivity index (χ1) is 23.5. The maximum absolute atomic E-state index is 12.2. The van der Waals surface area contributed by atoms with Crippen LogP contribution < -0.4 is 11.1 Å². The second-order valence-electron chi connectivity index (χ2n) is 13.7. The summed E-state index contributed by atoms with van der Waals surface area (Å²) in [5.74, 6) is -0.857. The van der Waals surface area contributed by atoms with Crippen molar-refractivity contribution in [2.75, 3.05) is 26.3 Å². The molecule has 0 bridgehead atoms. The van der Waals surface area contributed by atoms with Crippen molar-refractivity contribution in [2.24, 2.45) is 11.7 Å². The van der Waals surface area contributed by atoms with Crippen LogP contribution in [0.15, 0.2) is 57.9 Å². The number of nitrogens with two attached hydrogens (primary N) is 1. The molecule has 280 valence electrons. The molecule has 7 nitrogen and oxygen atoms in total. The van der Waals surface area contributed by atoms with Gasteiger partial charge in [-0.25, -0.2) is 4.79 Å². The maximum atomic E-state index is 12.2. The smallest absolute Gasteiger partial charge is 0.335 e. The third-order valence-electron chi connectivity index (χ3n) is 8.53. The molecule has 0 aromatic heterocycles. The quantitative estimate of drug-likeness (QED) is 0.106. The van der Waals surface area contributed by atoms with Gasteiger partial charge in [-0.05, 0) is 120 Å². The summed E-state index contributed by atoms with van der Waals surface area (Å²) in [6.45, 7) is 18.7. The second kappa shape index (κ2) is 29.9. The number of ketones is 1. The van der Waals surface area contributed by atoms with Crippen molar-refractivity contribution in [3.05, 3.63) is 57.9 Å². The zero-order valence-corrected chi connectivity index (χ0v) is 32.6. The van der Waals surface area contributed by atoms with Crippen LogP contribution in [0.25, 0.3) is 0 Å². The fourth-order valence-electron chi connectivity index (χ4n) is 5.66. The summed E-state index contributed by atoms with van der Waals surface area (Å²) in [5.41, 5.74) is 12.9. The van der Waals surface area contributed by atoms with Crippen LogP contribution in [0.2, 0.25) is 0 Å². The summed E-state index contributed by atoms with van der Waals surface area (Å²) in [6, 6.07) is 0. The van der Waals surface area contributed by atoms with E-state index in [-0.39, 0.29) is 17.7 Å². The van der Waals surface area contributed by atoms with Crippen LogP contribution in [0.1, 0.15) is 158 Å². The number of carbonyl (C=O) groups is 3. The van der Waals surface area contributed by atoms with Crippen molar-refractivity contribution in [1.82, 2.24) is 5.32 Å². The van der Waals surface area contributed by atoms with E-state index in [0.717, 1.165) is 94.9 Å². The first-order valence-corrected chi connectivity index (χ1v) is 19.1. The van der Waals surface area contributed by atoms with Gasteiger partial charge in [0.2, 0.25) is 0 Å². The van der Waals surface area contributed by atoms with Gasteiger partial charge in [0.25, 0.3) is 0 Å². The standard InChI is InChI=1S/C21H35NO2.C11H18O3.C10H19N/c1-5-24-21(23)19-13-8-6-7-9-14-20(19)22-16-15-18(4)12-10-11-17(2)3;1-2-14-11(13)9-7-5-3-4-6-8-10(9)12;1-9(2)5-4-6-10(3)7-8-11/h11,15,22H,5-10,12-14,16H2,1-4H3;9H,2-8H2,1H3;5,7H,4,6,8,11H2,1-3H3/b18-15+,20-19-;;10-7+. The highest BCUT2D eigenvalue weighted by Crippen LogP contribution is 2.23. The molecule has 0 heterocycles. The average molecular weight is 685 g/mol. The Labute approximate surface area is 300 Å². The predicted molar refractivity (Wildman–Crippen MR) is 206 cm³/mol. The maximum Gasteiger partial charge on any atom is 0.335 e. The van der Waals surface area contributed by atoms with E-state index in [0.29, 0.717) is 32.6 Å². The highest BCUT2D eigenvalue weighted by molar-refractivity contribution is 5.99. The van der Waals surface area contributed by atoms with Gasteiger partial charge in [0.15, 0.2) is 0 Å². The first kappa shape index (κ1) is 46.1. The van der Waals surface area contributed by atoms with Crippen molar-refractivity contribution in [3.8, 4) is 0 Å². The molecule has 7 heteroatoms.